The van der Waals surface area contributed by atoms with E-state index in [9.17, 15) is 17.6 Å². The van der Waals surface area contributed by atoms with E-state index in [0.717, 1.165) is 4.31 Å². The van der Waals surface area contributed by atoms with Crippen molar-refractivity contribution in [2.45, 2.75) is 6.92 Å². The second kappa shape index (κ2) is 8.84. The van der Waals surface area contributed by atoms with E-state index in [4.69, 9.17) is 14.2 Å². The van der Waals surface area contributed by atoms with Crippen LogP contribution in [0.4, 0.5) is 10.1 Å². The lowest BCUT2D eigenvalue weighted by Gasteiger charge is -2.30. The molecule has 0 radical (unpaired) electrons. The van der Waals surface area contributed by atoms with E-state index in [1.807, 2.05) is 0 Å². The van der Waals surface area contributed by atoms with Gasteiger partial charge in [0.15, 0.2) is 16.4 Å². The largest absolute Gasteiger partial charge is 0.493 e. The van der Waals surface area contributed by atoms with Crippen molar-refractivity contribution >= 4 is 27.2 Å². The molecule has 31 heavy (non-hydrogen) atoms. The van der Waals surface area contributed by atoms with Gasteiger partial charge in [0.2, 0.25) is 0 Å². The number of ether oxygens (including phenoxy) is 3. The summed E-state index contributed by atoms with van der Waals surface area (Å²) in [4.78, 5) is 12.4. The zero-order valence-corrected chi connectivity index (χ0v) is 18.4. The van der Waals surface area contributed by atoms with E-state index < -0.39 is 15.9 Å². The van der Waals surface area contributed by atoms with Crippen LogP contribution in [-0.2, 0) is 14.8 Å². The Morgan fingerprint density at radius 1 is 1.10 bits per heavy atom. The van der Waals surface area contributed by atoms with Gasteiger partial charge in [0.25, 0.3) is 15.9 Å². The number of benzene rings is 2. The number of sulfonamides is 1. The molecule has 0 saturated heterocycles. The number of allylic oxidation sites excluding steroid dienone is 1. The first-order valence-electron chi connectivity index (χ1n) is 9.33. The summed E-state index contributed by atoms with van der Waals surface area (Å²) in [6.07, 6.45) is 0. The number of carbonyl (C=O) groups excluding carboxylic acids is 1. The van der Waals surface area contributed by atoms with Crippen LogP contribution in [0, 0.1) is 5.82 Å². The summed E-state index contributed by atoms with van der Waals surface area (Å²) in [5.74, 6) is 0.102. The van der Waals surface area contributed by atoms with Crippen LogP contribution in [0.15, 0.2) is 41.3 Å². The highest BCUT2D eigenvalue weighted by Gasteiger charge is 2.38. The van der Waals surface area contributed by atoms with Crippen LogP contribution in [0.3, 0.4) is 0 Å². The van der Waals surface area contributed by atoms with Crippen LogP contribution in [-0.4, -0.2) is 48.7 Å². The molecular formula is C21H23FN2O6S. The fraction of sp³-hybridized carbons (Fsp3) is 0.286. The maximum Gasteiger partial charge on any atom is 0.269 e. The molecule has 1 aliphatic heterocycles. The summed E-state index contributed by atoms with van der Waals surface area (Å²) >= 11 is 0. The Bertz CT molecular complexity index is 1130. The van der Waals surface area contributed by atoms with Gasteiger partial charge in [-0.05, 0) is 42.8 Å². The molecule has 1 aliphatic rings. The van der Waals surface area contributed by atoms with Crippen LogP contribution >= 0.6 is 0 Å². The average Bonchev–Trinajstić information content (AvgIpc) is 2.75. The summed E-state index contributed by atoms with van der Waals surface area (Å²) in [7, 11) is 0.221. The summed E-state index contributed by atoms with van der Waals surface area (Å²) < 4.78 is 56.0. The number of rotatable bonds is 7. The summed E-state index contributed by atoms with van der Waals surface area (Å²) in [6, 6.07) is 8.63. The number of halogens is 1. The van der Waals surface area contributed by atoms with Gasteiger partial charge < -0.3 is 19.5 Å². The van der Waals surface area contributed by atoms with Gasteiger partial charge in [0, 0.05) is 18.7 Å². The molecule has 0 bridgehead atoms. The molecule has 1 N–H and O–H groups in total. The van der Waals surface area contributed by atoms with Crippen LogP contribution in [0.5, 0.6) is 17.2 Å². The number of methoxy groups -OCH3 is 2. The Balaban J connectivity index is 1.83. The first-order valence-corrected chi connectivity index (χ1v) is 10.8. The fourth-order valence-corrected chi connectivity index (χ4v) is 4.73. The summed E-state index contributed by atoms with van der Waals surface area (Å²) in [6.45, 7) is 1.71. The van der Waals surface area contributed by atoms with Crippen LogP contribution < -0.4 is 23.8 Å². The monoisotopic (exact) mass is 450 g/mol. The number of nitrogens with zero attached hydrogens (tertiary/aromatic N) is 1. The number of fused-ring (bicyclic) bond motifs is 1. The highest BCUT2D eigenvalue weighted by Crippen LogP contribution is 2.44. The van der Waals surface area contributed by atoms with Gasteiger partial charge in [-0.15, -0.1) is 0 Å². The molecule has 0 aliphatic carbocycles. The Kier molecular flexibility index (Phi) is 6.40. The quantitative estimate of drug-likeness (QED) is 0.652. The molecule has 0 fully saturated rings. The minimum Gasteiger partial charge on any atom is -0.493 e. The van der Waals surface area contributed by atoms with E-state index in [0.29, 0.717) is 34.1 Å². The number of hydrogen-bond donors (Lipinski definition) is 1. The predicted octanol–water partition coefficient (Wildman–Crippen LogP) is 2.55. The number of carbonyl (C=O) groups is 1. The smallest absolute Gasteiger partial charge is 0.269 e. The third kappa shape index (κ3) is 4.29. The second-order valence-corrected chi connectivity index (χ2v) is 8.62. The molecule has 0 aromatic heterocycles. The minimum absolute atomic E-state index is 0.0605. The third-order valence-corrected chi connectivity index (χ3v) is 6.81. The SMILES string of the molecule is COc1cc2c(cc1OC)N(C)S(=O)(=O)C(C(=O)NCCOc1ccc(F)cc1)=C2C. The van der Waals surface area contributed by atoms with Crippen molar-refractivity contribution < 1.29 is 31.8 Å². The van der Waals surface area contributed by atoms with E-state index in [-0.39, 0.29) is 23.9 Å². The molecule has 0 atom stereocenters. The first-order chi connectivity index (χ1) is 14.7. The van der Waals surface area contributed by atoms with E-state index in [1.54, 1.807) is 19.1 Å². The molecular weight excluding hydrogens is 427 g/mol. The Labute approximate surface area is 180 Å². The predicted molar refractivity (Wildman–Crippen MR) is 114 cm³/mol. The van der Waals surface area contributed by atoms with Crippen LogP contribution in [0.25, 0.3) is 5.57 Å². The Morgan fingerprint density at radius 2 is 1.71 bits per heavy atom. The maximum atomic E-state index is 13.0. The normalized spacial score (nSPS) is 14.7. The highest BCUT2D eigenvalue weighted by molar-refractivity contribution is 7.97. The average molecular weight is 450 g/mol. The first kappa shape index (κ1) is 22.4. The Hall–Kier alpha value is -3.27. The zero-order chi connectivity index (χ0) is 22.8. The molecule has 166 valence electrons. The van der Waals surface area contributed by atoms with Crippen molar-refractivity contribution in [2.75, 3.05) is 38.7 Å². The van der Waals surface area contributed by atoms with Crippen molar-refractivity contribution in [3.05, 3.63) is 52.7 Å². The number of nitrogens with one attached hydrogen (secondary N) is 1. The zero-order valence-electron chi connectivity index (χ0n) is 17.6. The van der Waals surface area contributed by atoms with E-state index >= 15 is 0 Å². The topological polar surface area (TPSA) is 94.2 Å². The lowest BCUT2D eigenvalue weighted by molar-refractivity contribution is -0.116. The van der Waals surface area contributed by atoms with Crippen molar-refractivity contribution in [1.29, 1.82) is 0 Å². The molecule has 10 heteroatoms. The molecule has 1 amide bonds. The fourth-order valence-electron chi connectivity index (χ4n) is 3.24. The maximum absolute atomic E-state index is 13.0. The molecule has 2 aromatic carbocycles. The number of amides is 1. The van der Waals surface area contributed by atoms with Gasteiger partial charge in [0.05, 0.1) is 26.5 Å². The second-order valence-electron chi connectivity index (χ2n) is 6.71. The van der Waals surface area contributed by atoms with Crippen molar-refractivity contribution in [2.24, 2.45) is 0 Å². The van der Waals surface area contributed by atoms with Crippen molar-refractivity contribution in [3.63, 3.8) is 0 Å². The molecule has 0 spiro atoms. The van der Waals surface area contributed by atoms with Gasteiger partial charge in [-0.2, -0.15) is 0 Å². The molecule has 8 nitrogen and oxygen atoms in total. The highest BCUT2D eigenvalue weighted by atomic mass is 32.2. The van der Waals surface area contributed by atoms with Gasteiger partial charge >= 0.3 is 0 Å². The molecule has 2 aromatic rings. The van der Waals surface area contributed by atoms with Gasteiger partial charge in [0.1, 0.15) is 18.2 Å². The van der Waals surface area contributed by atoms with Crippen LogP contribution in [0.2, 0.25) is 0 Å². The Morgan fingerprint density at radius 3 is 2.32 bits per heavy atom. The van der Waals surface area contributed by atoms with E-state index in [2.05, 4.69) is 5.32 Å². The van der Waals surface area contributed by atoms with Gasteiger partial charge in [-0.3, -0.25) is 9.10 Å². The molecule has 0 unspecified atom stereocenters. The molecule has 0 saturated carbocycles. The lowest BCUT2D eigenvalue weighted by Crippen LogP contribution is -2.40. The molecule has 1 heterocycles. The number of hydrogen-bond acceptors (Lipinski definition) is 6. The third-order valence-electron chi connectivity index (χ3n) is 4.88. The van der Waals surface area contributed by atoms with Crippen molar-refractivity contribution in [3.8, 4) is 17.2 Å². The lowest BCUT2D eigenvalue weighted by atomic mass is 10.0. The minimum atomic E-state index is -4.08. The summed E-state index contributed by atoms with van der Waals surface area (Å²) in [5.41, 5.74) is 1.22. The summed E-state index contributed by atoms with van der Waals surface area (Å²) in [5, 5.41) is 2.56. The van der Waals surface area contributed by atoms with E-state index in [1.165, 1.54) is 45.5 Å². The van der Waals surface area contributed by atoms with Gasteiger partial charge in [-0.1, -0.05) is 0 Å². The van der Waals surface area contributed by atoms with Crippen molar-refractivity contribution in [1.82, 2.24) is 5.32 Å². The molecule has 3 rings (SSSR count). The standard InChI is InChI=1S/C21H23FN2O6S/c1-13-16-11-18(28-3)19(29-4)12-17(16)24(2)31(26,27)20(13)21(25)23-9-10-30-15-7-5-14(22)6-8-15/h5-8,11-12H,9-10H2,1-4H3,(H,23,25). The number of anilines is 1. The van der Waals surface area contributed by atoms with Crippen LogP contribution in [0.1, 0.15) is 12.5 Å². The van der Waals surface area contributed by atoms with Gasteiger partial charge in [-0.25, -0.2) is 12.8 Å².